The number of nitrogens with one attached hydrogen (secondary N) is 1. The lowest BCUT2D eigenvalue weighted by Gasteiger charge is -2.10. The number of para-hydroxylation sites is 1. The molecule has 4 aromatic rings. The van der Waals surface area contributed by atoms with Crippen LogP contribution in [0.1, 0.15) is 23.6 Å². The number of rotatable bonds is 6. The average molecular weight is 358 g/mol. The highest BCUT2D eigenvalue weighted by Crippen LogP contribution is 2.30. The minimum atomic E-state index is 0.790. The van der Waals surface area contributed by atoms with Gasteiger partial charge in [-0.05, 0) is 49.7 Å². The maximum atomic E-state index is 5.44. The van der Waals surface area contributed by atoms with Gasteiger partial charge in [-0.15, -0.1) is 0 Å². The Morgan fingerprint density at radius 2 is 1.63 bits per heavy atom. The zero-order valence-electron chi connectivity index (χ0n) is 16.3. The molecule has 3 heteroatoms. The number of nitrogens with zero attached hydrogens (tertiary/aromatic N) is 1. The molecule has 0 amide bonds. The van der Waals surface area contributed by atoms with Crippen LogP contribution in [0.2, 0.25) is 0 Å². The molecule has 0 aliphatic heterocycles. The Hall–Kier alpha value is -2.78. The van der Waals surface area contributed by atoms with E-state index in [9.17, 15) is 0 Å². The minimum Gasteiger partial charge on any atom is -0.496 e. The second-order valence-corrected chi connectivity index (χ2v) is 7.03. The van der Waals surface area contributed by atoms with Crippen molar-refractivity contribution in [3.05, 3.63) is 77.4 Å². The lowest BCUT2D eigenvalue weighted by atomic mass is 10.1. The van der Waals surface area contributed by atoms with E-state index < -0.39 is 0 Å². The largest absolute Gasteiger partial charge is 0.496 e. The molecule has 0 aliphatic carbocycles. The minimum absolute atomic E-state index is 0.790. The summed E-state index contributed by atoms with van der Waals surface area (Å²) in [7, 11) is 1.72. The van der Waals surface area contributed by atoms with Gasteiger partial charge in [-0.1, -0.05) is 35.9 Å². The van der Waals surface area contributed by atoms with Crippen LogP contribution < -0.4 is 10.1 Å². The van der Waals surface area contributed by atoms with Crippen molar-refractivity contribution in [2.45, 2.75) is 33.5 Å². The molecular formula is C24H26N2O. The van der Waals surface area contributed by atoms with E-state index in [0.717, 1.165) is 25.4 Å². The van der Waals surface area contributed by atoms with E-state index in [-0.39, 0.29) is 0 Å². The van der Waals surface area contributed by atoms with Crippen LogP contribution in [-0.4, -0.2) is 11.7 Å². The summed E-state index contributed by atoms with van der Waals surface area (Å²) >= 11 is 0. The van der Waals surface area contributed by atoms with Crippen molar-refractivity contribution in [3.8, 4) is 5.75 Å². The molecule has 3 nitrogen and oxygen atoms in total. The third kappa shape index (κ3) is 3.31. The van der Waals surface area contributed by atoms with E-state index in [1.807, 2.05) is 18.2 Å². The van der Waals surface area contributed by atoms with Crippen LogP contribution in [0, 0.1) is 6.92 Å². The summed E-state index contributed by atoms with van der Waals surface area (Å²) < 4.78 is 7.84. The molecule has 0 saturated carbocycles. The molecule has 0 radical (unpaired) electrons. The smallest absolute Gasteiger partial charge is 0.123 e. The molecule has 27 heavy (non-hydrogen) atoms. The lowest BCUT2D eigenvalue weighted by Crippen LogP contribution is -2.13. The molecule has 0 bridgehead atoms. The number of fused-ring (bicyclic) bond motifs is 3. The van der Waals surface area contributed by atoms with Crippen molar-refractivity contribution in [2.75, 3.05) is 7.11 Å². The predicted molar refractivity (Wildman–Crippen MR) is 113 cm³/mol. The molecule has 4 rings (SSSR count). The van der Waals surface area contributed by atoms with Gasteiger partial charge < -0.3 is 14.6 Å². The fourth-order valence-corrected chi connectivity index (χ4v) is 3.91. The van der Waals surface area contributed by atoms with Gasteiger partial charge in [-0.2, -0.15) is 0 Å². The van der Waals surface area contributed by atoms with E-state index in [0.29, 0.717) is 0 Å². The van der Waals surface area contributed by atoms with Crippen LogP contribution >= 0.6 is 0 Å². The van der Waals surface area contributed by atoms with Gasteiger partial charge in [0, 0.05) is 47.0 Å². The summed E-state index contributed by atoms with van der Waals surface area (Å²) in [5.41, 5.74) is 6.41. The Morgan fingerprint density at radius 1 is 0.889 bits per heavy atom. The van der Waals surface area contributed by atoms with Gasteiger partial charge in [-0.25, -0.2) is 0 Å². The summed E-state index contributed by atoms with van der Waals surface area (Å²) in [5, 5.41) is 6.24. The van der Waals surface area contributed by atoms with Gasteiger partial charge in [0.05, 0.1) is 7.11 Å². The van der Waals surface area contributed by atoms with Crippen LogP contribution in [0.5, 0.6) is 5.75 Å². The standard InChI is InChI=1S/C24H26N2O/c1-4-26-22-11-9-17(2)13-20(22)21-14-18(10-12-23(21)26)15-25-16-19-7-5-6-8-24(19)27-3/h5-14,25H,4,15-16H2,1-3H3. The van der Waals surface area contributed by atoms with Crippen molar-refractivity contribution in [1.29, 1.82) is 0 Å². The molecule has 0 unspecified atom stereocenters. The predicted octanol–water partition coefficient (Wildman–Crippen LogP) is 5.42. The highest BCUT2D eigenvalue weighted by Gasteiger charge is 2.10. The topological polar surface area (TPSA) is 26.2 Å². The van der Waals surface area contributed by atoms with Crippen molar-refractivity contribution in [3.63, 3.8) is 0 Å². The number of hydrogen-bond donors (Lipinski definition) is 1. The lowest BCUT2D eigenvalue weighted by molar-refractivity contribution is 0.407. The van der Waals surface area contributed by atoms with E-state index in [1.54, 1.807) is 7.11 Å². The highest BCUT2D eigenvalue weighted by molar-refractivity contribution is 6.08. The first-order valence-corrected chi connectivity index (χ1v) is 9.55. The molecular weight excluding hydrogens is 332 g/mol. The first-order chi connectivity index (χ1) is 13.2. The molecule has 1 N–H and O–H groups in total. The second-order valence-electron chi connectivity index (χ2n) is 7.03. The van der Waals surface area contributed by atoms with Crippen molar-refractivity contribution in [2.24, 2.45) is 0 Å². The van der Waals surface area contributed by atoms with Crippen LogP contribution in [0.4, 0.5) is 0 Å². The zero-order valence-corrected chi connectivity index (χ0v) is 16.3. The van der Waals surface area contributed by atoms with Gasteiger partial charge in [0.15, 0.2) is 0 Å². The normalized spacial score (nSPS) is 11.4. The Labute approximate surface area is 160 Å². The average Bonchev–Trinajstić information content (AvgIpc) is 3.00. The fourth-order valence-electron chi connectivity index (χ4n) is 3.91. The summed E-state index contributed by atoms with van der Waals surface area (Å²) in [4.78, 5) is 0. The molecule has 1 aromatic heterocycles. The van der Waals surface area contributed by atoms with Crippen LogP contribution in [0.15, 0.2) is 60.7 Å². The van der Waals surface area contributed by atoms with E-state index in [1.165, 1.54) is 38.5 Å². The number of aromatic nitrogens is 1. The zero-order chi connectivity index (χ0) is 18.8. The van der Waals surface area contributed by atoms with Crippen molar-refractivity contribution < 1.29 is 4.74 Å². The van der Waals surface area contributed by atoms with Gasteiger partial charge in [0.2, 0.25) is 0 Å². The van der Waals surface area contributed by atoms with Crippen LogP contribution in [-0.2, 0) is 19.6 Å². The summed E-state index contributed by atoms with van der Waals surface area (Å²) in [6.07, 6.45) is 0. The molecule has 0 fully saturated rings. The number of methoxy groups -OCH3 is 1. The van der Waals surface area contributed by atoms with E-state index in [2.05, 4.69) is 66.2 Å². The maximum Gasteiger partial charge on any atom is 0.123 e. The third-order valence-corrected chi connectivity index (χ3v) is 5.24. The molecule has 3 aromatic carbocycles. The summed E-state index contributed by atoms with van der Waals surface area (Å²) in [5.74, 6) is 0.932. The van der Waals surface area contributed by atoms with Gasteiger partial charge in [0.25, 0.3) is 0 Å². The van der Waals surface area contributed by atoms with Gasteiger partial charge >= 0.3 is 0 Å². The number of aryl methyl sites for hydroxylation is 2. The quantitative estimate of drug-likeness (QED) is 0.498. The van der Waals surface area contributed by atoms with Crippen LogP contribution in [0.3, 0.4) is 0 Å². The third-order valence-electron chi connectivity index (χ3n) is 5.24. The Bertz CT molecular complexity index is 1090. The second kappa shape index (κ2) is 7.45. The molecule has 0 spiro atoms. The molecule has 1 heterocycles. The number of benzene rings is 3. The fraction of sp³-hybridized carbons (Fsp3) is 0.250. The Kier molecular flexibility index (Phi) is 4.87. The van der Waals surface area contributed by atoms with E-state index >= 15 is 0 Å². The summed E-state index contributed by atoms with van der Waals surface area (Å²) in [6, 6.07) is 21.7. The first kappa shape index (κ1) is 17.6. The highest BCUT2D eigenvalue weighted by atomic mass is 16.5. The maximum absolute atomic E-state index is 5.44. The molecule has 0 atom stereocenters. The monoisotopic (exact) mass is 358 g/mol. The van der Waals surface area contributed by atoms with Gasteiger partial charge in [0.1, 0.15) is 5.75 Å². The Morgan fingerprint density at radius 3 is 2.41 bits per heavy atom. The molecule has 138 valence electrons. The summed E-state index contributed by atoms with van der Waals surface area (Å²) in [6.45, 7) is 6.97. The first-order valence-electron chi connectivity index (χ1n) is 9.55. The van der Waals surface area contributed by atoms with Crippen molar-refractivity contribution >= 4 is 21.8 Å². The van der Waals surface area contributed by atoms with Crippen molar-refractivity contribution in [1.82, 2.24) is 9.88 Å². The van der Waals surface area contributed by atoms with Crippen LogP contribution in [0.25, 0.3) is 21.8 Å². The molecule has 0 aliphatic rings. The number of ether oxygens (including phenoxy) is 1. The molecule has 0 saturated heterocycles. The van der Waals surface area contributed by atoms with Gasteiger partial charge in [-0.3, -0.25) is 0 Å². The Balaban J connectivity index is 1.61. The number of hydrogen-bond acceptors (Lipinski definition) is 2. The SMILES string of the molecule is CCn1c2ccc(C)cc2c2cc(CNCc3ccccc3OC)ccc21. The van der Waals surface area contributed by atoms with E-state index in [4.69, 9.17) is 4.74 Å².